The molecule has 3 nitrogen and oxygen atoms in total. The van der Waals surface area contributed by atoms with Crippen molar-refractivity contribution in [3.8, 4) is 0 Å². The molecule has 0 saturated heterocycles. The Bertz CT molecular complexity index is 366. The number of aliphatic carboxylic acids is 1. The van der Waals surface area contributed by atoms with Crippen molar-refractivity contribution in [3.05, 3.63) is 23.8 Å². The molecule has 0 aromatic heterocycles. The summed E-state index contributed by atoms with van der Waals surface area (Å²) in [7, 11) is 0. The molecule has 0 radical (unpaired) electrons. The summed E-state index contributed by atoms with van der Waals surface area (Å²) < 4.78 is 0. The molecule has 3 heteroatoms. The highest BCUT2D eigenvalue weighted by molar-refractivity contribution is 5.77. The van der Waals surface area contributed by atoms with Gasteiger partial charge in [-0.05, 0) is 45.4 Å². The van der Waals surface area contributed by atoms with E-state index in [2.05, 4.69) is 25.2 Å². The third-order valence-corrected chi connectivity index (χ3v) is 3.44. The summed E-state index contributed by atoms with van der Waals surface area (Å²) in [6.45, 7) is 7.72. The number of unbranched alkanes of at least 4 members (excludes halogenated alkanes) is 1. The van der Waals surface area contributed by atoms with Crippen LogP contribution in [0, 0.1) is 11.8 Å². The Morgan fingerprint density at radius 3 is 2.30 bits per heavy atom. The number of allylic oxidation sites excluding steroid dienone is 4. The van der Waals surface area contributed by atoms with Crippen LogP contribution in [0.1, 0.15) is 59.8 Å². The number of carbonyl (C=O) groups excluding carboxylic acids is 1. The molecule has 0 aliphatic heterocycles. The monoisotopic (exact) mass is 280 g/mol. The second-order valence-corrected chi connectivity index (χ2v) is 5.67. The number of carboxylic acids is 1. The fourth-order valence-corrected chi connectivity index (χ4v) is 1.96. The van der Waals surface area contributed by atoms with E-state index in [1.165, 1.54) is 0 Å². The lowest BCUT2D eigenvalue weighted by molar-refractivity contribution is -0.137. The summed E-state index contributed by atoms with van der Waals surface area (Å²) in [6, 6.07) is 0. The first-order chi connectivity index (χ1) is 9.32. The molecule has 0 fully saturated rings. The number of Topliss-reactive ketones (excluding diaryl/α,β-unsaturated/α-hetero) is 1. The maximum absolute atomic E-state index is 11.2. The Morgan fingerprint density at radius 1 is 1.10 bits per heavy atom. The van der Waals surface area contributed by atoms with Crippen LogP contribution in [0.4, 0.5) is 0 Å². The van der Waals surface area contributed by atoms with Crippen molar-refractivity contribution in [1.29, 1.82) is 0 Å². The van der Waals surface area contributed by atoms with Crippen LogP contribution in [-0.4, -0.2) is 16.9 Å². The number of carboxylic acid groups (broad SMARTS) is 1. The van der Waals surface area contributed by atoms with Crippen molar-refractivity contribution in [2.24, 2.45) is 11.8 Å². The van der Waals surface area contributed by atoms with Gasteiger partial charge in [-0.15, -0.1) is 0 Å². The smallest absolute Gasteiger partial charge is 0.303 e. The van der Waals surface area contributed by atoms with Gasteiger partial charge in [0, 0.05) is 12.3 Å². The predicted molar refractivity (Wildman–Crippen MR) is 82.6 cm³/mol. The van der Waals surface area contributed by atoms with Gasteiger partial charge < -0.3 is 5.11 Å². The third kappa shape index (κ3) is 10.5. The molecule has 114 valence electrons. The fraction of sp³-hybridized carbons (Fsp3) is 0.647. The van der Waals surface area contributed by atoms with Crippen LogP contribution in [0.3, 0.4) is 0 Å². The van der Waals surface area contributed by atoms with Gasteiger partial charge in [0.15, 0.2) is 0 Å². The first-order valence-electron chi connectivity index (χ1n) is 7.37. The first kappa shape index (κ1) is 18.6. The molecule has 0 amide bonds. The summed E-state index contributed by atoms with van der Waals surface area (Å²) in [5.41, 5.74) is 1.14. The van der Waals surface area contributed by atoms with Gasteiger partial charge in [-0.25, -0.2) is 0 Å². The van der Waals surface area contributed by atoms with Crippen LogP contribution < -0.4 is 0 Å². The van der Waals surface area contributed by atoms with Crippen LogP contribution in [0.5, 0.6) is 0 Å². The van der Waals surface area contributed by atoms with Crippen molar-refractivity contribution in [3.63, 3.8) is 0 Å². The van der Waals surface area contributed by atoms with Gasteiger partial charge in [-0.3, -0.25) is 9.59 Å². The van der Waals surface area contributed by atoms with Crippen LogP contribution in [-0.2, 0) is 9.59 Å². The Morgan fingerprint density at radius 2 is 1.75 bits per heavy atom. The molecule has 0 bridgehead atoms. The molecule has 0 rings (SSSR count). The Balaban J connectivity index is 3.87. The van der Waals surface area contributed by atoms with E-state index in [1.807, 2.05) is 13.8 Å². The summed E-state index contributed by atoms with van der Waals surface area (Å²) >= 11 is 0. The zero-order valence-corrected chi connectivity index (χ0v) is 13.2. The van der Waals surface area contributed by atoms with E-state index in [1.54, 1.807) is 6.92 Å². The van der Waals surface area contributed by atoms with Gasteiger partial charge in [-0.2, -0.15) is 0 Å². The van der Waals surface area contributed by atoms with Crippen LogP contribution in [0.15, 0.2) is 23.8 Å². The summed E-state index contributed by atoms with van der Waals surface area (Å²) in [5, 5.41) is 8.58. The molecule has 0 aliphatic rings. The second-order valence-electron chi connectivity index (χ2n) is 5.67. The fourth-order valence-electron chi connectivity index (χ4n) is 1.96. The van der Waals surface area contributed by atoms with Crippen molar-refractivity contribution in [2.45, 2.75) is 59.8 Å². The predicted octanol–water partition coefficient (Wildman–Crippen LogP) is 4.39. The quantitative estimate of drug-likeness (QED) is 0.477. The highest BCUT2D eigenvalue weighted by Gasteiger charge is 2.10. The van der Waals surface area contributed by atoms with Crippen molar-refractivity contribution < 1.29 is 14.7 Å². The van der Waals surface area contributed by atoms with E-state index < -0.39 is 5.97 Å². The number of hydrogen-bond donors (Lipinski definition) is 1. The van der Waals surface area contributed by atoms with Gasteiger partial charge in [-0.1, -0.05) is 37.6 Å². The van der Waals surface area contributed by atoms with E-state index in [0.717, 1.165) is 24.8 Å². The Labute approximate surface area is 122 Å². The molecule has 2 atom stereocenters. The van der Waals surface area contributed by atoms with Crippen molar-refractivity contribution in [1.82, 2.24) is 0 Å². The van der Waals surface area contributed by atoms with E-state index in [0.29, 0.717) is 12.3 Å². The highest BCUT2D eigenvalue weighted by atomic mass is 16.4. The van der Waals surface area contributed by atoms with Gasteiger partial charge in [0.2, 0.25) is 0 Å². The molecular weight excluding hydrogens is 252 g/mol. The Kier molecular flexibility index (Phi) is 9.69. The average molecular weight is 280 g/mol. The minimum atomic E-state index is -0.744. The average Bonchev–Trinajstić information content (AvgIpc) is 2.35. The minimum Gasteiger partial charge on any atom is -0.481 e. The Hall–Kier alpha value is -1.38. The highest BCUT2D eigenvalue weighted by Crippen LogP contribution is 2.14. The van der Waals surface area contributed by atoms with E-state index in [-0.39, 0.29) is 18.1 Å². The van der Waals surface area contributed by atoms with Gasteiger partial charge >= 0.3 is 5.97 Å². The number of carbonyl (C=O) groups is 2. The summed E-state index contributed by atoms with van der Waals surface area (Å²) in [6.07, 6.45) is 10.1. The summed E-state index contributed by atoms with van der Waals surface area (Å²) in [4.78, 5) is 21.6. The third-order valence-electron chi connectivity index (χ3n) is 3.44. The molecule has 0 aromatic rings. The lowest BCUT2D eigenvalue weighted by Gasteiger charge is -2.10. The van der Waals surface area contributed by atoms with Crippen LogP contribution in [0.2, 0.25) is 0 Å². The molecule has 0 unspecified atom stereocenters. The number of ketones is 1. The molecule has 0 aromatic carbocycles. The molecule has 0 heterocycles. The zero-order chi connectivity index (χ0) is 15.5. The standard InChI is InChI=1S/C17H28O3/c1-13(10-11-17(19)20)8-6-5-7-9-14(2)12-15(3)16(4)18/h7-9,14-15H,5-6,10-12H2,1-4H3,(H,19,20)/b9-7+,13-8+/t14-,15+/m1/s1. The molecule has 0 spiro atoms. The number of rotatable bonds is 10. The summed E-state index contributed by atoms with van der Waals surface area (Å²) in [5.74, 6) is 0.0621. The maximum atomic E-state index is 11.2. The lowest BCUT2D eigenvalue weighted by atomic mass is 9.94. The van der Waals surface area contributed by atoms with Crippen molar-refractivity contribution >= 4 is 11.8 Å². The van der Waals surface area contributed by atoms with E-state index >= 15 is 0 Å². The molecule has 0 saturated carbocycles. The zero-order valence-electron chi connectivity index (χ0n) is 13.2. The number of hydrogen-bond acceptors (Lipinski definition) is 2. The van der Waals surface area contributed by atoms with Crippen LogP contribution >= 0.6 is 0 Å². The maximum Gasteiger partial charge on any atom is 0.303 e. The normalized spacial score (nSPS) is 15.3. The molecule has 20 heavy (non-hydrogen) atoms. The first-order valence-corrected chi connectivity index (χ1v) is 7.37. The van der Waals surface area contributed by atoms with E-state index in [4.69, 9.17) is 5.11 Å². The lowest BCUT2D eigenvalue weighted by Crippen LogP contribution is -2.09. The minimum absolute atomic E-state index is 0.132. The molecular formula is C17H28O3. The van der Waals surface area contributed by atoms with Crippen molar-refractivity contribution in [2.75, 3.05) is 0 Å². The second kappa shape index (κ2) is 10.4. The topological polar surface area (TPSA) is 54.4 Å². The molecule has 1 N–H and O–H groups in total. The molecule has 0 aliphatic carbocycles. The largest absolute Gasteiger partial charge is 0.481 e. The van der Waals surface area contributed by atoms with E-state index in [9.17, 15) is 9.59 Å². The van der Waals surface area contributed by atoms with Gasteiger partial charge in [0.25, 0.3) is 0 Å². The van der Waals surface area contributed by atoms with Gasteiger partial charge in [0.05, 0.1) is 0 Å². The van der Waals surface area contributed by atoms with Gasteiger partial charge in [0.1, 0.15) is 5.78 Å². The van der Waals surface area contributed by atoms with Crippen LogP contribution in [0.25, 0.3) is 0 Å². The SMILES string of the molecule is CC(=O)[C@@H](C)C[C@H](C)/C=C/CC/C=C(\C)CCC(=O)O.